The van der Waals surface area contributed by atoms with Gasteiger partial charge in [0, 0.05) is 23.7 Å². The molecule has 7 heteroatoms. The van der Waals surface area contributed by atoms with Crippen LogP contribution in [0.15, 0.2) is 30.3 Å². The Hall–Kier alpha value is -1.99. The van der Waals surface area contributed by atoms with Gasteiger partial charge in [0.2, 0.25) is 0 Å². The van der Waals surface area contributed by atoms with E-state index < -0.39 is 0 Å². The number of carbonyl (C=O) groups excluding carboxylic acids is 1. The number of hydrogen-bond donors (Lipinski definition) is 2. The number of thiophene rings is 1. The molecule has 0 atom stereocenters. The number of rotatable bonds is 5. The predicted molar refractivity (Wildman–Crippen MR) is 93.5 cm³/mol. The second-order valence-electron chi connectivity index (χ2n) is 5.70. The largest absolute Gasteiger partial charge is 0.351 e. The minimum atomic E-state index is -0.0293. The van der Waals surface area contributed by atoms with E-state index in [0.717, 1.165) is 33.6 Å². The van der Waals surface area contributed by atoms with Crippen molar-refractivity contribution in [2.24, 2.45) is 0 Å². The molecule has 1 aromatic carbocycles. The summed E-state index contributed by atoms with van der Waals surface area (Å²) in [5.74, 6) is 0.896. The summed E-state index contributed by atoms with van der Waals surface area (Å²) < 4.78 is 3.90. The van der Waals surface area contributed by atoms with E-state index in [4.69, 9.17) is 12.2 Å². The molecule has 118 valence electrons. The number of aromatic nitrogens is 3. The predicted octanol–water partition coefficient (Wildman–Crippen LogP) is 3.46. The van der Waals surface area contributed by atoms with Crippen LogP contribution in [0.1, 0.15) is 34.4 Å². The van der Waals surface area contributed by atoms with E-state index in [9.17, 15) is 4.79 Å². The molecule has 3 aromatic rings. The van der Waals surface area contributed by atoms with Gasteiger partial charge in [0.05, 0.1) is 4.88 Å². The number of H-pyrrole nitrogens is 1. The molecule has 0 radical (unpaired) electrons. The van der Waals surface area contributed by atoms with Gasteiger partial charge in [0.15, 0.2) is 4.77 Å². The van der Waals surface area contributed by atoms with E-state index >= 15 is 0 Å². The lowest BCUT2D eigenvalue weighted by molar-refractivity contribution is 0.0958. The lowest BCUT2D eigenvalue weighted by Crippen LogP contribution is -2.25. The molecule has 0 bridgehead atoms. The number of carbonyl (C=O) groups is 1. The average molecular weight is 344 g/mol. The van der Waals surface area contributed by atoms with Crippen LogP contribution in [0.3, 0.4) is 0 Å². The van der Waals surface area contributed by atoms with Crippen LogP contribution in [0.5, 0.6) is 0 Å². The molecule has 1 fully saturated rings. The van der Waals surface area contributed by atoms with Gasteiger partial charge in [-0.3, -0.25) is 9.89 Å². The Bertz CT molecular complexity index is 886. The summed E-state index contributed by atoms with van der Waals surface area (Å²) in [7, 11) is 0. The maximum atomic E-state index is 12.3. The summed E-state index contributed by atoms with van der Waals surface area (Å²) in [6.45, 7) is 0.555. The molecule has 2 N–H and O–H groups in total. The van der Waals surface area contributed by atoms with Gasteiger partial charge in [-0.2, -0.15) is 5.10 Å². The Kier molecular flexibility index (Phi) is 3.74. The van der Waals surface area contributed by atoms with Crippen molar-refractivity contribution in [2.45, 2.75) is 25.3 Å². The second kappa shape index (κ2) is 5.90. The topological polar surface area (TPSA) is 62.7 Å². The molecule has 4 rings (SSSR count). The molecule has 0 spiro atoms. The monoisotopic (exact) mass is 344 g/mol. The Morgan fingerprint density at radius 2 is 2.26 bits per heavy atom. The summed E-state index contributed by atoms with van der Waals surface area (Å²) in [5.41, 5.74) is 0. The maximum absolute atomic E-state index is 12.3. The van der Waals surface area contributed by atoms with Gasteiger partial charge in [0.1, 0.15) is 5.82 Å². The number of fused-ring (bicyclic) bond motifs is 1. The zero-order valence-electron chi connectivity index (χ0n) is 12.4. The Morgan fingerprint density at radius 3 is 3.04 bits per heavy atom. The summed E-state index contributed by atoms with van der Waals surface area (Å²) in [6.07, 6.45) is 3.00. The molecule has 1 aliphatic carbocycles. The van der Waals surface area contributed by atoms with Crippen LogP contribution < -0.4 is 5.32 Å². The first-order valence-corrected chi connectivity index (χ1v) is 8.87. The highest BCUT2D eigenvalue weighted by Gasteiger charge is 2.27. The van der Waals surface area contributed by atoms with Crippen molar-refractivity contribution in [2.75, 3.05) is 6.54 Å². The van der Waals surface area contributed by atoms with Crippen LogP contribution in [-0.4, -0.2) is 27.2 Å². The van der Waals surface area contributed by atoms with Crippen molar-refractivity contribution in [3.8, 4) is 0 Å². The first-order chi connectivity index (χ1) is 11.2. The van der Waals surface area contributed by atoms with Crippen molar-refractivity contribution in [1.29, 1.82) is 0 Å². The van der Waals surface area contributed by atoms with E-state index in [1.54, 1.807) is 0 Å². The van der Waals surface area contributed by atoms with Crippen molar-refractivity contribution < 1.29 is 4.79 Å². The van der Waals surface area contributed by atoms with Crippen LogP contribution in [0.25, 0.3) is 10.1 Å². The second-order valence-corrected chi connectivity index (χ2v) is 7.17. The molecule has 0 aliphatic heterocycles. The van der Waals surface area contributed by atoms with Gasteiger partial charge in [-0.1, -0.05) is 18.2 Å². The van der Waals surface area contributed by atoms with E-state index in [2.05, 4.69) is 20.1 Å². The summed E-state index contributed by atoms with van der Waals surface area (Å²) >= 11 is 6.78. The standard InChI is InChI=1S/C16H16N4OS2/c21-15(13-9-10-3-1-2-4-12(10)23-13)17-8-7-14-18-19-16(22)20(14)11-5-6-11/h1-4,9,11H,5-8H2,(H,17,21)(H,19,22). The first-order valence-electron chi connectivity index (χ1n) is 7.65. The van der Waals surface area contributed by atoms with Crippen molar-refractivity contribution in [3.05, 3.63) is 45.8 Å². The summed E-state index contributed by atoms with van der Waals surface area (Å²) in [6, 6.07) is 10.5. The highest BCUT2D eigenvalue weighted by molar-refractivity contribution is 7.71. The molecular formula is C16H16N4OS2. The molecule has 23 heavy (non-hydrogen) atoms. The fourth-order valence-electron chi connectivity index (χ4n) is 2.69. The molecule has 2 aromatic heterocycles. The number of benzene rings is 1. The molecular weight excluding hydrogens is 328 g/mol. The van der Waals surface area contributed by atoms with Gasteiger partial charge in [0.25, 0.3) is 5.91 Å². The molecule has 0 unspecified atom stereocenters. The van der Waals surface area contributed by atoms with Gasteiger partial charge in [-0.05, 0) is 42.6 Å². The smallest absolute Gasteiger partial charge is 0.261 e. The van der Waals surface area contributed by atoms with Gasteiger partial charge in [-0.15, -0.1) is 11.3 Å². The normalized spacial score (nSPS) is 14.3. The average Bonchev–Trinajstić information content (AvgIpc) is 3.17. The van der Waals surface area contributed by atoms with Crippen LogP contribution >= 0.6 is 23.6 Å². The number of hydrogen-bond acceptors (Lipinski definition) is 4. The maximum Gasteiger partial charge on any atom is 0.261 e. The zero-order valence-corrected chi connectivity index (χ0v) is 14.0. The third-order valence-corrected chi connectivity index (χ3v) is 5.38. The zero-order chi connectivity index (χ0) is 15.8. The number of aromatic amines is 1. The lowest BCUT2D eigenvalue weighted by Gasteiger charge is -2.05. The Labute approximate surface area is 142 Å². The van der Waals surface area contributed by atoms with E-state index in [1.807, 2.05) is 30.3 Å². The number of amides is 1. The highest BCUT2D eigenvalue weighted by atomic mass is 32.1. The third-order valence-electron chi connectivity index (χ3n) is 3.97. The Morgan fingerprint density at radius 1 is 1.43 bits per heavy atom. The van der Waals surface area contributed by atoms with Crippen LogP contribution in [0.2, 0.25) is 0 Å². The van der Waals surface area contributed by atoms with Gasteiger partial charge < -0.3 is 9.88 Å². The molecule has 5 nitrogen and oxygen atoms in total. The lowest BCUT2D eigenvalue weighted by atomic mass is 10.2. The Balaban J connectivity index is 1.41. The van der Waals surface area contributed by atoms with Gasteiger partial charge in [-0.25, -0.2) is 0 Å². The minimum absolute atomic E-state index is 0.0293. The van der Waals surface area contributed by atoms with Crippen LogP contribution in [-0.2, 0) is 6.42 Å². The van der Waals surface area contributed by atoms with Gasteiger partial charge >= 0.3 is 0 Å². The molecule has 2 heterocycles. The van der Waals surface area contributed by atoms with Crippen LogP contribution in [0.4, 0.5) is 0 Å². The fraction of sp³-hybridized carbons (Fsp3) is 0.312. The fourth-order valence-corrected chi connectivity index (χ4v) is 3.97. The molecule has 1 amide bonds. The molecule has 1 aliphatic rings. The van der Waals surface area contributed by atoms with E-state index in [-0.39, 0.29) is 5.91 Å². The number of nitrogens with zero attached hydrogens (tertiary/aromatic N) is 2. The molecule has 0 saturated heterocycles. The summed E-state index contributed by atoms with van der Waals surface area (Å²) in [4.78, 5) is 13.0. The first kappa shape index (κ1) is 14.6. The van der Waals surface area contributed by atoms with Crippen LogP contribution in [0, 0.1) is 4.77 Å². The SMILES string of the molecule is O=C(NCCc1n[nH]c(=S)n1C1CC1)c1cc2ccccc2s1. The third kappa shape index (κ3) is 2.94. The quantitative estimate of drug-likeness (QED) is 0.697. The number of nitrogens with one attached hydrogen (secondary N) is 2. The van der Waals surface area contributed by atoms with E-state index in [0.29, 0.717) is 23.8 Å². The van der Waals surface area contributed by atoms with Crippen molar-refractivity contribution in [3.63, 3.8) is 0 Å². The van der Waals surface area contributed by atoms with E-state index in [1.165, 1.54) is 11.3 Å². The minimum Gasteiger partial charge on any atom is -0.351 e. The van der Waals surface area contributed by atoms with Crippen molar-refractivity contribution >= 4 is 39.5 Å². The highest BCUT2D eigenvalue weighted by Crippen LogP contribution is 2.35. The molecule has 1 saturated carbocycles. The summed E-state index contributed by atoms with van der Waals surface area (Å²) in [5, 5.41) is 11.2. The van der Waals surface area contributed by atoms with Crippen molar-refractivity contribution in [1.82, 2.24) is 20.1 Å².